The molecule has 0 fully saturated rings. The summed E-state index contributed by atoms with van der Waals surface area (Å²) in [6, 6.07) is 2.60. The number of rotatable bonds is 6. The number of hydrogen-bond acceptors (Lipinski definition) is 3. The summed E-state index contributed by atoms with van der Waals surface area (Å²) in [5, 5.41) is 11.1. The Morgan fingerprint density at radius 2 is 2.06 bits per heavy atom. The lowest BCUT2D eigenvalue weighted by atomic mass is 10.2. The van der Waals surface area contributed by atoms with Gasteiger partial charge in [0.05, 0.1) is 19.8 Å². The van der Waals surface area contributed by atoms with Crippen LogP contribution in [0.4, 0.5) is 14.5 Å². The van der Waals surface area contributed by atoms with Crippen LogP contribution in [0.15, 0.2) is 12.1 Å². The molecule has 3 nitrogen and oxygen atoms in total. The molecule has 1 aromatic rings. The molecule has 90 valence electrons. The Labute approximate surface area is 93.0 Å². The summed E-state index contributed by atoms with van der Waals surface area (Å²) >= 11 is 0. The molecule has 0 aliphatic rings. The third-order valence-corrected chi connectivity index (χ3v) is 2.07. The quantitative estimate of drug-likeness (QED) is 0.732. The molecule has 2 N–H and O–H groups in total. The van der Waals surface area contributed by atoms with Crippen molar-refractivity contribution in [3.05, 3.63) is 29.3 Å². The van der Waals surface area contributed by atoms with E-state index in [0.29, 0.717) is 5.56 Å². The molecule has 0 aliphatic carbocycles. The maximum Gasteiger partial charge on any atom is 0.152 e. The molecule has 0 aliphatic heterocycles. The summed E-state index contributed by atoms with van der Waals surface area (Å²) in [6.45, 7) is 2.31. The first-order valence-electron chi connectivity index (χ1n) is 5.04. The SMILES string of the molecule is Cc1ccc(F)c(NCCOCCO)c1F. The van der Waals surface area contributed by atoms with Gasteiger partial charge in [-0.25, -0.2) is 8.78 Å². The Morgan fingerprint density at radius 1 is 1.31 bits per heavy atom. The first-order valence-corrected chi connectivity index (χ1v) is 5.04. The predicted octanol–water partition coefficient (Wildman–Crippen LogP) is 1.69. The van der Waals surface area contributed by atoms with Gasteiger partial charge in [0, 0.05) is 6.54 Å². The number of aliphatic hydroxyl groups excluding tert-OH is 1. The average Bonchev–Trinajstić information content (AvgIpc) is 2.28. The first kappa shape index (κ1) is 12.9. The van der Waals surface area contributed by atoms with E-state index in [1.165, 1.54) is 12.1 Å². The average molecular weight is 231 g/mol. The van der Waals surface area contributed by atoms with Gasteiger partial charge < -0.3 is 15.2 Å². The summed E-state index contributed by atoms with van der Waals surface area (Å²) < 4.78 is 31.6. The smallest absolute Gasteiger partial charge is 0.152 e. The Hall–Kier alpha value is -1.20. The van der Waals surface area contributed by atoms with E-state index in [2.05, 4.69) is 5.32 Å². The van der Waals surface area contributed by atoms with Crippen molar-refractivity contribution in [1.82, 2.24) is 0 Å². The van der Waals surface area contributed by atoms with Gasteiger partial charge in [-0.05, 0) is 18.6 Å². The van der Waals surface area contributed by atoms with Crippen molar-refractivity contribution in [3.8, 4) is 0 Å². The van der Waals surface area contributed by atoms with E-state index in [-0.39, 0.29) is 32.1 Å². The molecule has 0 bridgehead atoms. The van der Waals surface area contributed by atoms with Crippen LogP contribution in [0.25, 0.3) is 0 Å². The van der Waals surface area contributed by atoms with Gasteiger partial charge in [-0.3, -0.25) is 0 Å². The van der Waals surface area contributed by atoms with Gasteiger partial charge in [-0.2, -0.15) is 0 Å². The maximum atomic E-state index is 13.5. The Balaban J connectivity index is 2.50. The highest BCUT2D eigenvalue weighted by molar-refractivity contribution is 5.48. The lowest BCUT2D eigenvalue weighted by Crippen LogP contribution is -2.13. The summed E-state index contributed by atoms with van der Waals surface area (Å²) in [4.78, 5) is 0. The molecule has 0 radical (unpaired) electrons. The second-order valence-corrected chi connectivity index (χ2v) is 3.32. The second-order valence-electron chi connectivity index (χ2n) is 3.32. The van der Waals surface area contributed by atoms with E-state index in [1.54, 1.807) is 6.92 Å². The molecule has 0 aromatic heterocycles. The van der Waals surface area contributed by atoms with Crippen molar-refractivity contribution in [2.45, 2.75) is 6.92 Å². The third kappa shape index (κ3) is 3.43. The molecular formula is C11H15F2NO2. The molecule has 0 heterocycles. The number of ether oxygens (including phenoxy) is 1. The number of anilines is 1. The van der Waals surface area contributed by atoms with Crippen LogP contribution < -0.4 is 5.32 Å². The number of hydrogen-bond donors (Lipinski definition) is 2. The highest BCUT2D eigenvalue weighted by Gasteiger charge is 2.10. The lowest BCUT2D eigenvalue weighted by Gasteiger charge is -2.10. The predicted molar refractivity (Wildman–Crippen MR) is 57.5 cm³/mol. The highest BCUT2D eigenvalue weighted by Crippen LogP contribution is 2.21. The maximum absolute atomic E-state index is 13.5. The van der Waals surface area contributed by atoms with Crippen LogP contribution in [-0.4, -0.2) is 31.5 Å². The van der Waals surface area contributed by atoms with Gasteiger partial charge in [-0.1, -0.05) is 6.07 Å². The summed E-state index contributed by atoms with van der Waals surface area (Å²) in [5.41, 5.74) is 0.257. The van der Waals surface area contributed by atoms with E-state index in [9.17, 15) is 8.78 Å². The zero-order chi connectivity index (χ0) is 12.0. The highest BCUT2D eigenvalue weighted by atomic mass is 19.1. The minimum atomic E-state index is -0.620. The van der Waals surface area contributed by atoms with Crippen LogP contribution in [0.2, 0.25) is 0 Å². The van der Waals surface area contributed by atoms with E-state index < -0.39 is 11.6 Å². The molecule has 1 rings (SSSR count). The summed E-state index contributed by atoms with van der Waals surface area (Å²) in [7, 11) is 0. The molecule has 0 saturated heterocycles. The van der Waals surface area contributed by atoms with Crippen molar-refractivity contribution in [2.75, 3.05) is 31.7 Å². The number of halogens is 2. The van der Waals surface area contributed by atoms with Crippen LogP contribution in [0.1, 0.15) is 5.56 Å². The van der Waals surface area contributed by atoms with E-state index in [4.69, 9.17) is 9.84 Å². The zero-order valence-electron chi connectivity index (χ0n) is 9.09. The Bertz CT molecular complexity index is 345. The largest absolute Gasteiger partial charge is 0.394 e. The molecule has 0 spiro atoms. The Kier molecular flexibility index (Phi) is 5.14. The lowest BCUT2D eigenvalue weighted by molar-refractivity contribution is 0.0991. The first-order chi connectivity index (χ1) is 7.66. The molecular weight excluding hydrogens is 216 g/mol. The van der Waals surface area contributed by atoms with Crippen LogP contribution in [0.3, 0.4) is 0 Å². The van der Waals surface area contributed by atoms with Crippen LogP contribution in [0.5, 0.6) is 0 Å². The third-order valence-electron chi connectivity index (χ3n) is 2.07. The molecule has 0 saturated carbocycles. The van der Waals surface area contributed by atoms with Crippen LogP contribution >= 0.6 is 0 Å². The number of aryl methyl sites for hydroxylation is 1. The second kappa shape index (κ2) is 6.40. The number of nitrogens with one attached hydrogen (secondary N) is 1. The minimum Gasteiger partial charge on any atom is -0.394 e. The Morgan fingerprint density at radius 3 is 2.75 bits per heavy atom. The fraction of sp³-hybridized carbons (Fsp3) is 0.455. The minimum absolute atomic E-state index is 0.0623. The number of aliphatic hydroxyl groups is 1. The van der Waals surface area contributed by atoms with Gasteiger partial charge in [0.2, 0.25) is 0 Å². The number of benzene rings is 1. The summed E-state index contributed by atoms with van der Waals surface area (Å²) in [6.07, 6.45) is 0. The molecule has 1 aromatic carbocycles. The molecule has 0 amide bonds. The normalized spacial score (nSPS) is 10.5. The van der Waals surface area contributed by atoms with Crippen molar-refractivity contribution in [2.24, 2.45) is 0 Å². The fourth-order valence-corrected chi connectivity index (χ4v) is 1.23. The van der Waals surface area contributed by atoms with Gasteiger partial charge in [0.1, 0.15) is 11.5 Å². The topological polar surface area (TPSA) is 41.5 Å². The zero-order valence-corrected chi connectivity index (χ0v) is 9.09. The van der Waals surface area contributed by atoms with E-state index >= 15 is 0 Å². The van der Waals surface area contributed by atoms with E-state index in [1.807, 2.05) is 0 Å². The van der Waals surface area contributed by atoms with Crippen molar-refractivity contribution < 1.29 is 18.6 Å². The van der Waals surface area contributed by atoms with Crippen molar-refractivity contribution in [1.29, 1.82) is 0 Å². The monoisotopic (exact) mass is 231 g/mol. The molecule has 0 unspecified atom stereocenters. The van der Waals surface area contributed by atoms with Crippen molar-refractivity contribution in [3.63, 3.8) is 0 Å². The van der Waals surface area contributed by atoms with Gasteiger partial charge >= 0.3 is 0 Å². The van der Waals surface area contributed by atoms with Crippen LogP contribution in [0, 0.1) is 18.6 Å². The molecule has 5 heteroatoms. The van der Waals surface area contributed by atoms with Gasteiger partial charge in [0.15, 0.2) is 5.82 Å². The fourth-order valence-electron chi connectivity index (χ4n) is 1.23. The van der Waals surface area contributed by atoms with Gasteiger partial charge in [-0.15, -0.1) is 0 Å². The van der Waals surface area contributed by atoms with Crippen molar-refractivity contribution >= 4 is 5.69 Å². The summed E-state index contributed by atoms with van der Waals surface area (Å²) in [5.74, 6) is -1.20. The van der Waals surface area contributed by atoms with Gasteiger partial charge in [0.25, 0.3) is 0 Å². The van der Waals surface area contributed by atoms with E-state index in [0.717, 1.165) is 0 Å². The standard InChI is InChI=1S/C11H15F2NO2/c1-8-2-3-9(12)11(10(8)13)14-4-6-16-7-5-15/h2-3,14-15H,4-7H2,1H3. The van der Waals surface area contributed by atoms with Crippen LogP contribution in [-0.2, 0) is 4.74 Å². The molecule has 0 atom stereocenters. The molecule has 16 heavy (non-hydrogen) atoms.